The van der Waals surface area contributed by atoms with E-state index in [2.05, 4.69) is 25.8 Å². The third kappa shape index (κ3) is 3.65. The number of hydrogen-bond acceptors (Lipinski definition) is 3. The summed E-state index contributed by atoms with van der Waals surface area (Å²) in [4.78, 5) is 20.7. The van der Waals surface area contributed by atoms with Crippen LogP contribution in [0.3, 0.4) is 0 Å². The third-order valence-electron chi connectivity index (χ3n) is 3.93. The van der Waals surface area contributed by atoms with Gasteiger partial charge >= 0.3 is 0 Å². The molecule has 0 N–H and O–H groups in total. The van der Waals surface area contributed by atoms with Gasteiger partial charge in [0.25, 0.3) is 0 Å². The highest BCUT2D eigenvalue weighted by atomic mass is 79.9. The fourth-order valence-corrected chi connectivity index (χ4v) is 2.92. The Balaban J connectivity index is 1.54. The second-order valence-electron chi connectivity index (χ2n) is 5.38. The van der Waals surface area contributed by atoms with Crippen molar-refractivity contribution < 1.29 is 4.79 Å². The third-order valence-corrected chi connectivity index (χ3v) is 4.46. The van der Waals surface area contributed by atoms with E-state index in [1.54, 1.807) is 12.4 Å². The van der Waals surface area contributed by atoms with E-state index in [9.17, 15) is 4.79 Å². The minimum atomic E-state index is 0.205. The van der Waals surface area contributed by atoms with Crippen molar-refractivity contribution >= 4 is 27.5 Å². The van der Waals surface area contributed by atoms with Crippen molar-refractivity contribution in [2.75, 3.05) is 31.1 Å². The van der Waals surface area contributed by atoms with Crippen molar-refractivity contribution in [3.05, 3.63) is 58.8 Å². The molecular weight excluding hydrogens is 342 g/mol. The van der Waals surface area contributed by atoms with Crippen LogP contribution in [-0.4, -0.2) is 42.0 Å². The molecule has 0 atom stereocenters. The van der Waals surface area contributed by atoms with Crippen LogP contribution < -0.4 is 4.90 Å². The molecule has 0 saturated carbocycles. The topological polar surface area (TPSA) is 36.4 Å². The number of anilines is 1. The molecule has 5 heteroatoms. The Bertz CT molecular complexity index is 622. The van der Waals surface area contributed by atoms with Gasteiger partial charge in [0, 0.05) is 48.7 Å². The summed E-state index contributed by atoms with van der Waals surface area (Å²) in [7, 11) is 0. The number of carbonyl (C=O) groups excluding carboxylic acids is 1. The van der Waals surface area contributed by atoms with Crippen molar-refractivity contribution in [2.24, 2.45) is 0 Å². The molecule has 4 nitrogen and oxygen atoms in total. The predicted octanol–water partition coefficient (Wildman–Crippen LogP) is 2.74. The maximum Gasteiger partial charge on any atom is 0.227 e. The van der Waals surface area contributed by atoms with E-state index in [1.165, 1.54) is 5.69 Å². The molecule has 3 rings (SSSR count). The molecule has 1 aliphatic heterocycles. The highest BCUT2D eigenvalue weighted by Crippen LogP contribution is 2.16. The van der Waals surface area contributed by atoms with Gasteiger partial charge in [0.15, 0.2) is 0 Å². The Morgan fingerprint density at radius 2 is 1.64 bits per heavy atom. The Morgan fingerprint density at radius 1 is 1.00 bits per heavy atom. The summed E-state index contributed by atoms with van der Waals surface area (Å²) >= 11 is 3.41. The summed E-state index contributed by atoms with van der Waals surface area (Å²) in [5, 5.41) is 0. The lowest BCUT2D eigenvalue weighted by Gasteiger charge is -2.36. The summed E-state index contributed by atoms with van der Waals surface area (Å²) in [5.74, 6) is 0.205. The van der Waals surface area contributed by atoms with Crippen LogP contribution in [0.25, 0.3) is 0 Å². The molecule has 1 amide bonds. The number of aromatic nitrogens is 1. The van der Waals surface area contributed by atoms with Crippen LogP contribution in [0.15, 0.2) is 53.3 Å². The molecule has 1 saturated heterocycles. The van der Waals surface area contributed by atoms with Crippen molar-refractivity contribution in [1.29, 1.82) is 0 Å². The van der Waals surface area contributed by atoms with E-state index in [1.807, 2.05) is 41.3 Å². The zero-order valence-corrected chi connectivity index (χ0v) is 13.9. The highest BCUT2D eigenvalue weighted by Gasteiger charge is 2.21. The molecule has 1 aliphatic rings. The number of halogens is 1. The Hall–Kier alpha value is -1.88. The maximum absolute atomic E-state index is 12.4. The molecule has 2 heterocycles. The first-order valence-electron chi connectivity index (χ1n) is 7.39. The second-order valence-corrected chi connectivity index (χ2v) is 6.29. The van der Waals surface area contributed by atoms with Gasteiger partial charge in [-0.25, -0.2) is 0 Å². The molecular formula is C17H18BrN3O. The quantitative estimate of drug-likeness (QED) is 0.845. The first-order chi connectivity index (χ1) is 10.7. The molecule has 114 valence electrons. The van der Waals surface area contributed by atoms with Crippen molar-refractivity contribution in [1.82, 2.24) is 9.88 Å². The Morgan fingerprint density at radius 3 is 2.27 bits per heavy atom. The lowest BCUT2D eigenvalue weighted by Crippen LogP contribution is -2.49. The molecule has 1 aromatic heterocycles. The normalized spacial score (nSPS) is 15.0. The fraction of sp³-hybridized carbons (Fsp3) is 0.294. The highest BCUT2D eigenvalue weighted by molar-refractivity contribution is 9.10. The molecule has 0 bridgehead atoms. The smallest absolute Gasteiger partial charge is 0.227 e. The van der Waals surface area contributed by atoms with Crippen molar-refractivity contribution in [3.8, 4) is 0 Å². The second kappa shape index (κ2) is 6.92. The van der Waals surface area contributed by atoms with Gasteiger partial charge in [0.2, 0.25) is 5.91 Å². The van der Waals surface area contributed by atoms with Crippen LogP contribution in [-0.2, 0) is 11.2 Å². The molecule has 1 fully saturated rings. The lowest BCUT2D eigenvalue weighted by atomic mass is 10.1. The Labute approximate surface area is 138 Å². The fourth-order valence-electron chi connectivity index (χ4n) is 2.66. The van der Waals surface area contributed by atoms with Crippen LogP contribution in [0.4, 0.5) is 5.69 Å². The van der Waals surface area contributed by atoms with E-state index in [4.69, 9.17) is 0 Å². The largest absolute Gasteiger partial charge is 0.368 e. The maximum atomic E-state index is 12.4. The number of piperazine rings is 1. The van der Waals surface area contributed by atoms with E-state index in [-0.39, 0.29) is 5.91 Å². The minimum Gasteiger partial charge on any atom is -0.368 e. The Kier molecular flexibility index (Phi) is 4.73. The van der Waals surface area contributed by atoms with Gasteiger partial charge in [-0.15, -0.1) is 0 Å². The SMILES string of the molecule is O=C(Cc1ccc(Br)cc1)N1CCN(c2ccncc2)CC1. The van der Waals surface area contributed by atoms with Gasteiger partial charge in [-0.1, -0.05) is 28.1 Å². The molecule has 0 spiro atoms. The number of hydrogen-bond donors (Lipinski definition) is 0. The monoisotopic (exact) mass is 359 g/mol. The number of amides is 1. The van der Waals surface area contributed by atoms with Gasteiger partial charge in [0.05, 0.1) is 6.42 Å². The van der Waals surface area contributed by atoms with Gasteiger partial charge in [0.1, 0.15) is 0 Å². The summed E-state index contributed by atoms with van der Waals surface area (Å²) in [6.07, 6.45) is 4.09. The molecule has 2 aromatic rings. The lowest BCUT2D eigenvalue weighted by molar-refractivity contribution is -0.130. The molecule has 0 radical (unpaired) electrons. The minimum absolute atomic E-state index is 0.205. The molecule has 0 aliphatic carbocycles. The van der Waals surface area contributed by atoms with Gasteiger partial charge < -0.3 is 9.80 Å². The van der Waals surface area contributed by atoms with Gasteiger partial charge in [-0.05, 0) is 29.8 Å². The average Bonchev–Trinajstić information content (AvgIpc) is 2.58. The van der Waals surface area contributed by atoms with E-state index >= 15 is 0 Å². The van der Waals surface area contributed by atoms with Gasteiger partial charge in [-0.2, -0.15) is 0 Å². The molecule has 1 aromatic carbocycles. The number of pyridine rings is 1. The van der Waals surface area contributed by atoms with Crippen LogP contribution >= 0.6 is 15.9 Å². The van der Waals surface area contributed by atoms with E-state index in [0.717, 1.165) is 36.2 Å². The van der Waals surface area contributed by atoms with E-state index < -0.39 is 0 Å². The van der Waals surface area contributed by atoms with Crippen molar-refractivity contribution in [2.45, 2.75) is 6.42 Å². The first kappa shape index (κ1) is 15.0. The summed E-state index contributed by atoms with van der Waals surface area (Å²) in [6, 6.07) is 12.0. The molecule has 22 heavy (non-hydrogen) atoms. The summed E-state index contributed by atoms with van der Waals surface area (Å²) < 4.78 is 1.04. The van der Waals surface area contributed by atoms with Crippen LogP contribution in [0.2, 0.25) is 0 Å². The first-order valence-corrected chi connectivity index (χ1v) is 8.19. The standard InChI is InChI=1S/C17H18BrN3O/c18-15-3-1-14(2-4-15)13-17(22)21-11-9-20(10-12-21)16-5-7-19-8-6-16/h1-8H,9-13H2. The zero-order valence-electron chi connectivity index (χ0n) is 12.3. The molecule has 0 unspecified atom stereocenters. The van der Waals surface area contributed by atoms with E-state index in [0.29, 0.717) is 6.42 Å². The number of carbonyl (C=O) groups is 1. The van der Waals surface area contributed by atoms with Crippen molar-refractivity contribution in [3.63, 3.8) is 0 Å². The number of nitrogens with zero attached hydrogens (tertiary/aromatic N) is 3. The predicted molar refractivity (Wildman–Crippen MR) is 90.9 cm³/mol. The van der Waals surface area contributed by atoms with Crippen LogP contribution in [0.5, 0.6) is 0 Å². The number of rotatable bonds is 3. The number of benzene rings is 1. The van der Waals surface area contributed by atoms with Crippen LogP contribution in [0, 0.1) is 0 Å². The van der Waals surface area contributed by atoms with Crippen LogP contribution in [0.1, 0.15) is 5.56 Å². The van der Waals surface area contributed by atoms with Gasteiger partial charge in [-0.3, -0.25) is 9.78 Å². The summed E-state index contributed by atoms with van der Waals surface area (Å²) in [6.45, 7) is 3.29. The zero-order chi connectivity index (χ0) is 15.4. The average molecular weight is 360 g/mol. The summed E-state index contributed by atoms with van der Waals surface area (Å²) in [5.41, 5.74) is 2.24.